The highest BCUT2D eigenvalue weighted by Gasteiger charge is 2.36. The van der Waals surface area contributed by atoms with Crippen LogP contribution in [0.25, 0.3) is 5.65 Å². The van der Waals surface area contributed by atoms with Crippen molar-refractivity contribution in [1.82, 2.24) is 18.7 Å². The monoisotopic (exact) mass is 492 g/mol. The quantitative estimate of drug-likeness (QED) is 0.597. The van der Waals surface area contributed by atoms with Crippen molar-refractivity contribution in [2.75, 3.05) is 42.2 Å². The van der Waals surface area contributed by atoms with Crippen molar-refractivity contribution in [3.8, 4) is 5.75 Å². The van der Waals surface area contributed by atoms with Gasteiger partial charge in [0, 0.05) is 50.0 Å². The molecule has 9 nitrogen and oxygen atoms in total. The summed E-state index contributed by atoms with van der Waals surface area (Å²) in [6, 6.07) is 5.95. The highest BCUT2D eigenvalue weighted by atomic mass is 79.9. The number of fused-ring (bicyclic) bond motifs is 4. The summed E-state index contributed by atoms with van der Waals surface area (Å²) < 4.78 is 34.6. The maximum Gasteiger partial charge on any atom is 0.213 e. The maximum absolute atomic E-state index is 12.2. The standard InChI is InChI=1S/C19H21BrN6O3S/c1-2-30(27,28)25-7-8-26-14(10-25)12-29-16-9-13(3-4-15(16)26)22-18-19-21-5-6-24(19)11-17(20)23-18/h3-6,9,11,14H,2,7-8,10,12H2,1H3,(H,22,23)/t14-/m1/s1. The lowest BCUT2D eigenvalue weighted by Gasteiger charge is -2.45. The number of ether oxygens (including phenoxy) is 1. The van der Waals surface area contributed by atoms with E-state index >= 15 is 0 Å². The van der Waals surface area contributed by atoms with Gasteiger partial charge in [0.25, 0.3) is 0 Å². The van der Waals surface area contributed by atoms with Crippen LogP contribution in [0.3, 0.4) is 0 Å². The van der Waals surface area contributed by atoms with Crippen LogP contribution in [0, 0.1) is 0 Å². The van der Waals surface area contributed by atoms with Crippen molar-refractivity contribution in [2.24, 2.45) is 0 Å². The van der Waals surface area contributed by atoms with Crippen molar-refractivity contribution >= 4 is 48.8 Å². The van der Waals surface area contributed by atoms with Crippen molar-refractivity contribution in [2.45, 2.75) is 13.0 Å². The molecule has 1 saturated heterocycles. The molecule has 0 spiro atoms. The molecule has 0 saturated carbocycles. The molecule has 30 heavy (non-hydrogen) atoms. The average molecular weight is 493 g/mol. The van der Waals surface area contributed by atoms with E-state index in [1.807, 2.05) is 35.0 Å². The number of piperazine rings is 1. The van der Waals surface area contributed by atoms with E-state index in [2.05, 4.69) is 36.1 Å². The molecule has 2 aromatic heterocycles. The fourth-order valence-electron chi connectivity index (χ4n) is 3.97. The maximum atomic E-state index is 12.2. The third-order valence-corrected chi connectivity index (χ3v) is 7.74. The molecule has 0 bridgehead atoms. The van der Waals surface area contributed by atoms with Gasteiger partial charge < -0.3 is 19.4 Å². The number of halogens is 1. The Morgan fingerprint density at radius 3 is 3.03 bits per heavy atom. The zero-order chi connectivity index (χ0) is 20.9. The minimum absolute atomic E-state index is 0.0164. The van der Waals surface area contributed by atoms with E-state index in [9.17, 15) is 8.42 Å². The number of aromatic nitrogens is 3. The normalized spacial score (nSPS) is 19.3. The molecule has 0 aliphatic carbocycles. The number of nitrogens with one attached hydrogen (secondary N) is 1. The van der Waals surface area contributed by atoms with Gasteiger partial charge in [0.15, 0.2) is 11.5 Å². The second kappa shape index (κ2) is 7.40. The summed E-state index contributed by atoms with van der Waals surface area (Å²) in [4.78, 5) is 11.1. The SMILES string of the molecule is CCS(=O)(=O)N1CCN2c3ccc(Nc4nc(Br)cn5ccnc45)cc3OC[C@H]2C1. The first-order valence-electron chi connectivity index (χ1n) is 9.72. The Kier molecular flexibility index (Phi) is 4.83. The molecule has 0 radical (unpaired) electrons. The lowest BCUT2D eigenvalue weighted by Crippen LogP contribution is -2.58. The smallest absolute Gasteiger partial charge is 0.213 e. The largest absolute Gasteiger partial charge is 0.489 e. The fourth-order valence-corrected chi connectivity index (χ4v) is 5.50. The van der Waals surface area contributed by atoms with Crippen molar-refractivity contribution in [1.29, 1.82) is 0 Å². The summed E-state index contributed by atoms with van der Waals surface area (Å²) in [5.41, 5.74) is 2.55. The molecule has 2 aliphatic heterocycles. The molecule has 1 fully saturated rings. The van der Waals surface area contributed by atoms with Crippen LogP contribution in [0.5, 0.6) is 5.75 Å². The lowest BCUT2D eigenvalue weighted by atomic mass is 10.1. The minimum Gasteiger partial charge on any atom is -0.489 e. The topological polar surface area (TPSA) is 92.1 Å². The van der Waals surface area contributed by atoms with Crippen molar-refractivity contribution in [3.63, 3.8) is 0 Å². The molecule has 158 valence electrons. The van der Waals surface area contributed by atoms with E-state index in [4.69, 9.17) is 4.74 Å². The number of sulfonamides is 1. The number of imidazole rings is 1. The van der Waals surface area contributed by atoms with Gasteiger partial charge in [-0.05, 0) is 35.0 Å². The number of anilines is 3. The highest BCUT2D eigenvalue weighted by Crippen LogP contribution is 2.38. The van der Waals surface area contributed by atoms with E-state index in [0.29, 0.717) is 36.7 Å². The lowest BCUT2D eigenvalue weighted by molar-refractivity contribution is 0.216. The summed E-state index contributed by atoms with van der Waals surface area (Å²) in [5, 5.41) is 3.32. The number of nitrogens with zero attached hydrogens (tertiary/aromatic N) is 5. The average Bonchev–Trinajstić information content (AvgIpc) is 3.21. The Morgan fingerprint density at radius 1 is 1.33 bits per heavy atom. The Morgan fingerprint density at radius 2 is 2.20 bits per heavy atom. The first-order chi connectivity index (χ1) is 14.4. The molecule has 1 aromatic carbocycles. The van der Waals surface area contributed by atoms with Crippen LogP contribution in [-0.4, -0.2) is 65.1 Å². The predicted octanol–water partition coefficient (Wildman–Crippen LogP) is 2.47. The van der Waals surface area contributed by atoms with Crippen LogP contribution in [0.4, 0.5) is 17.2 Å². The second-order valence-corrected chi connectivity index (χ2v) is 10.4. The molecule has 1 N–H and O–H groups in total. The number of benzene rings is 1. The van der Waals surface area contributed by atoms with E-state index in [-0.39, 0.29) is 11.8 Å². The van der Waals surface area contributed by atoms with Crippen molar-refractivity contribution in [3.05, 3.63) is 41.4 Å². The molecule has 4 heterocycles. The molecule has 0 unspecified atom stereocenters. The first-order valence-corrected chi connectivity index (χ1v) is 12.1. The summed E-state index contributed by atoms with van der Waals surface area (Å²) in [6.07, 6.45) is 5.44. The molecule has 5 rings (SSSR count). The van der Waals surface area contributed by atoms with Crippen LogP contribution in [0.2, 0.25) is 0 Å². The van der Waals surface area contributed by atoms with Gasteiger partial charge in [-0.1, -0.05) is 0 Å². The van der Waals surface area contributed by atoms with Gasteiger partial charge in [-0.15, -0.1) is 0 Å². The zero-order valence-corrected chi connectivity index (χ0v) is 18.7. The number of rotatable bonds is 4. The fraction of sp³-hybridized carbons (Fsp3) is 0.368. The minimum atomic E-state index is -3.18. The van der Waals surface area contributed by atoms with Crippen LogP contribution in [0.15, 0.2) is 41.4 Å². The third-order valence-electron chi connectivity index (χ3n) is 5.51. The highest BCUT2D eigenvalue weighted by molar-refractivity contribution is 9.10. The molecule has 3 aromatic rings. The Labute approximate surface area is 182 Å². The Hall–Kier alpha value is -2.37. The second-order valence-electron chi connectivity index (χ2n) is 7.29. The molecular formula is C19H21BrN6O3S. The molecular weight excluding hydrogens is 472 g/mol. The van der Waals surface area contributed by atoms with Crippen LogP contribution in [-0.2, 0) is 10.0 Å². The van der Waals surface area contributed by atoms with E-state index in [0.717, 1.165) is 22.8 Å². The summed E-state index contributed by atoms with van der Waals surface area (Å²) >= 11 is 3.43. The van der Waals surface area contributed by atoms with Crippen LogP contribution in [0.1, 0.15) is 6.92 Å². The summed E-state index contributed by atoms with van der Waals surface area (Å²) in [6.45, 7) is 3.72. The van der Waals surface area contributed by atoms with Gasteiger partial charge in [0.2, 0.25) is 10.0 Å². The summed E-state index contributed by atoms with van der Waals surface area (Å²) in [5.74, 6) is 1.54. The van der Waals surface area contributed by atoms with Gasteiger partial charge in [0.05, 0.1) is 17.5 Å². The number of hydrogen-bond acceptors (Lipinski definition) is 7. The van der Waals surface area contributed by atoms with E-state index < -0.39 is 10.0 Å². The first kappa shape index (κ1) is 19.6. The molecule has 0 amide bonds. The van der Waals surface area contributed by atoms with E-state index in [1.165, 1.54) is 0 Å². The van der Waals surface area contributed by atoms with Crippen LogP contribution >= 0.6 is 15.9 Å². The van der Waals surface area contributed by atoms with E-state index in [1.54, 1.807) is 17.4 Å². The molecule has 1 atom stereocenters. The number of hydrogen-bond donors (Lipinski definition) is 1. The molecule has 2 aliphatic rings. The van der Waals surface area contributed by atoms with Gasteiger partial charge in [-0.25, -0.2) is 18.4 Å². The summed E-state index contributed by atoms with van der Waals surface area (Å²) in [7, 11) is -3.18. The van der Waals surface area contributed by atoms with Crippen LogP contribution < -0.4 is 15.0 Å². The van der Waals surface area contributed by atoms with Crippen molar-refractivity contribution < 1.29 is 13.2 Å². The van der Waals surface area contributed by atoms with Gasteiger partial charge in [-0.3, -0.25) is 0 Å². The zero-order valence-electron chi connectivity index (χ0n) is 16.3. The Bertz CT molecular complexity index is 1210. The van der Waals surface area contributed by atoms with Gasteiger partial charge in [-0.2, -0.15) is 4.31 Å². The Balaban J connectivity index is 1.39. The third kappa shape index (κ3) is 3.40. The predicted molar refractivity (Wildman–Crippen MR) is 118 cm³/mol. The molecule has 11 heteroatoms. The van der Waals surface area contributed by atoms with Gasteiger partial charge >= 0.3 is 0 Å². The van der Waals surface area contributed by atoms with Gasteiger partial charge in [0.1, 0.15) is 17.0 Å².